The van der Waals surface area contributed by atoms with Crippen LogP contribution in [0.1, 0.15) is 110 Å². The maximum absolute atomic E-state index is 14.1. The van der Waals surface area contributed by atoms with E-state index in [1.54, 1.807) is 42.2 Å². The van der Waals surface area contributed by atoms with Gasteiger partial charge in [-0.05, 0) is 76.1 Å². The number of thioether (sulfide) groups is 2. The predicted molar refractivity (Wildman–Crippen MR) is 349 cm³/mol. The molecule has 1 aliphatic carbocycles. The van der Waals surface area contributed by atoms with Crippen molar-refractivity contribution < 1.29 is 66.8 Å². The van der Waals surface area contributed by atoms with Gasteiger partial charge in [0.05, 0.1) is 77.3 Å². The van der Waals surface area contributed by atoms with Gasteiger partial charge in [-0.25, -0.2) is 19.6 Å². The number of pyridine rings is 4. The molecule has 1 saturated carbocycles. The van der Waals surface area contributed by atoms with E-state index in [9.17, 15) is 47.9 Å². The van der Waals surface area contributed by atoms with Crippen LogP contribution in [0.4, 0.5) is 0 Å². The second-order valence-corrected chi connectivity index (χ2v) is 24.5. The Hall–Kier alpha value is -8.30. The minimum Gasteiger partial charge on any atom is -0.457 e. The number of fused-ring (bicyclic) bond motifs is 10. The van der Waals surface area contributed by atoms with Crippen molar-refractivity contribution in [1.29, 1.82) is 0 Å². The van der Waals surface area contributed by atoms with Crippen molar-refractivity contribution in [3.05, 3.63) is 127 Å². The minimum atomic E-state index is -2.04. The standard InChI is InChI=1S/C62H64N8O16S2.4CH4/c1-5-61(40-21-46-53-36(19-34-11-7-9-13-42(34)67-53)25-69(46)57(77)38(40)28-83-59(61)79)85-51(73)23-64-55(75)44(63-4)31-87-48-15-16-49(48)88-32-45(66-50(72)30-82-18-17-81-27-33(3)71)56(76)65-24-52(74)86-62(6-2)41-22-47-54-37(20-35-12-8-10-14-43(35)68-54)26-70(47)58(78)39(41)29-84-60(62)80;;;;/h7-14,19-22,44-45,48-49,63H,5-6,15-18,23-32H2,1-4H3,(H,64,75)(H,65,76)(H,66,72);4*1H4/t44?,45?,48?,49?,61-,62-;;;;/m0..../s1. The number of esters is 4. The Bertz CT molecular complexity index is 3990. The topological polar surface area (TPSA) is 310 Å². The van der Waals surface area contributed by atoms with Gasteiger partial charge in [0.1, 0.15) is 45.6 Å². The average molecular weight is 1310 g/mol. The highest BCUT2D eigenvalue weighted by atomic mass is 32.2. The third-order valence-electron chi connectivity index (χ3n) is 16.5. The fourth-order valence-corrected chi connectivity index (χ4v) is 14.9. The van der Waals surface area contributed by atoms with Crippen molar-refractivity contribution in [3.8, 4) is 22.8 Å². The molecule has 4 N–H and O–H groups in total. The highest BCUT2D eigenvalue weighted by Gasteiger charge is 2.52. The molecule has 3 amide bonds. The van der Waals surface area contributed by atoms with Crippen molar-refractivity contribution in [3.63, 3.8) is 0 Å². The summed E-state index contributed by atoms with van der Waals surface area (Å²) in [5, 5.41) is 12.6. The van der Waals surface area contributed by atoms with Gasteiger partial charge in [0.25, 0.3) is 11.1 Å². The minimum absolute atomic E-state index is 0. The number of aromatic nitrogens is 4. The molecule has 8 heterocycles. The average Bonchev–Trinajstić information content (AvgIpc) is 1.44. The van der Waals surface area contributed by atoms with Crippen LogP contribution in [-0.2, 0) is 104 Å². The lowest BCUT2D eigenvalue weighted by Gasteiger charge is -2.37. The number of Topliss-reactive ketones (excluding diaryl/α,β-unsaturated/α-hetero) is 1. The predicted octanol–water partition coefficient (Wildman–Crippen LogP) is 5.74. The number of amides is 3. The Balaban J connectivity index is 0.00000300. The molecule has 6 aromatic rings. The lowest BCUT2D eigenvalue weighted by Crippen LogP contribution is -2.52. The van der Waals surface area contributed by atoms with Crippen molar-refractivity contribution in [2.45, 2.75) is 136 Å². The summed E-state index contributed by atoms with van der Waals surface area (Å²) in [7, 11) is 1.60. The molecule has 24 nitrogen and oxygen atoms in total. The van der Waals surface area contributed by atoms with E-state index in [2.05, 4.69) is 21.3 Å². The number of ether oxygens (including phenoxy) is 6. The highest BCUT2D eigenvalue weighted by Crippen LogP contribution is 2.44. The monoisotopic (exact) mass is 1300 g/mol. The maximum atomic E-state index is 14.1. The second-order valence-electron chi connectivity index (χ2n) is 22.0. The third kappa shape index (κ3) is 13.9. The normalized spacial score (nSPS) is 19.0. The Kier molecular flexibility index (Phi) is 23.2. The molecule has 0 bridgehead atoms. The molecule has 26 heteroatoms. The smallest absolute Gasteiger partial charge is 0.355 e. The zero-order valence-corrected chi connectivity index (χ0v) is 50.3. The zero-order valence-electron chi connectivity index (χ0n) is 48.7. The van der Waals surface area contributed by atoms with Gasteiger partial charge in [0.2, 0.25) is 28.9 Å². The Morgan fingerprint density at radius 1 is 0.630 bits per heavy atom. The van der Waals surface area contributed by atoms with Crippen molar-refractivity contribution in [2.24, 2.45) is 0 Å². The fraction of sp³-hybridized carbons (Fsp3) is 0.455. The molecule has 0 spiro atoms. The van der Waals surface area contributed by atoms with E-state index in [4.69, 9.17) is 38.4 Å². The van der Waals surface area contributed by atoms with Crippen LogP contribution in [0.5, 0.6) is 0 Å². The summed E-state index contributed by atoms with van der Waals surface area (Å²) in [6, 6.07) is 20.4. The maximum Gasteiger partial charge on any atom is 0.355 e. The number of cyclic esters (lactones) is 2. The van der Waals surface area contributed by atoms with E-state index in [0.717, 1.165) is 40.3 Å². The molecule has 11 rings (SSSR count). The summed E-state index contributed by atoms with van der Waals surface area (Å²) in [5.41, 5.74) is 1.01. The Labute approximate surface area is 541 Å². The number of rotatable bonds is 25. The van der Waals surface area contributed by atoms with Gasteiger partial charge in [-0.1, -0.05) is 80.0 Å². The number of ketones is 1. The summed E-state index contributed by atoms with van der Waals surface area (Å²) in [6.07, 6.45) is 1.33. The van der Waals surface area contributed by atoms with E-state index in [1.165, 1.54) is 30.4 Å². The molecule has 4 unspecified atom stereocenters. The van der Waals surface area contributed by atoms with Crippen LogP contribution in [-0.4, -0.2) is 147 Å². The third-order valence-corrected chi connectivity index (χ3v) is 19.7. The molecule has 492 valence electrons. The number of para-hydroxylation sites is 2. The number of hydrogen-bond acceptors (Lipinski definition) is 21. The molecule has 4 aliphatic heterocycles. The number of likely N-dealkylation sites (N-methyl/N-ethyl adjacent to an activating group) is 1. The molecular formula is C66H80N8O16S2. The van der Waals surface area contributed by atoms with Crippen LogP contribution in [0.25, 0.3) is 44.6 Å². The van der Waals surface area contributed by atoms with Crippen LogP contribution in [0, 0.1) is 0 Å². The zero-order chi connectivity index (χ0) is 62.0. The van der Waals surface area contributed by atoms with Crippen LogP contribution in [0.2, 0.25) is 0 Å². The van der Waals surface area contributed by atoms with Gasteiger partial charge in [0.15, 0.2) is 5.78 Å². The lowest BCUT2D eigenvalue weighted by atomic mass is 9.85. The van der Waals surface area contributed by atoms with Gasteiger partial charge < -0.3 is 58.8 Å². The molecule has 5 aliphatic rings. The molecular weight excluding hydrogens is 1220 g/mol. The molecule has 0 saturated heterocycles. The summed E-state index contributed by atoms with van der Waals surface area (Å²) >= 11 is 2.90. The summed E-state index contributed by atoms with van der Waals surface area (Å²) in [6.45, 7) is 2.60. The first-order valence-corrected chi connectivity index (χ1v) is 31.1. The molecule has 0 radical (unpaired) electrons. The van der Waals surface area contributed by atoms with E-state index >= 15 is 0 Å². The van der Waals surface area contributed by atoms with Crippen LogP contribution in [0.3, 0.4) is 0 Å². The summed E-state index contributed by atoms with van der Waals surface area (Å²) in [4.78, 5) is 145. The second kappa shape index (κ2) is 30.0. The molecule has 2 aromatic carbocycles. The lowest BCUT2D eigenvalue weighted by molar-refractivity contribution is -0.189. The van der Waals surface area contributed by atoms with Crippen LogP contribution in [0.15, 0.2) is 82.4 Å². The molecule has 92 heavy (non-hydrogen) atoms. The van der Waals surface area contributed by atoms with Crippen molar-refractivity contribution >= 4 is 92.7 Å². The fourth-order valence-electron chi connectivity index (χ4n) is 11.7. The van der Waals surface area contributed by atoms with Gasteiger partial charge in [-0.15, -0.1) is 0 Å². The van der Waals surface area contributed by atoms with Crippen LogP contribution >= 0.6 is 23.5 Å². The summed E-state index contributed by atoms with van der Waals surface area (Å²) in [5.74, 6) is -5.46. The number of nitrogens with one attached hydrogen (secondary N) is 4. The largest absolute Gasteiger partial charge is 0.457 e. The Morgan fingerprint density at radius 3 is 1.50 bits per heavy atom. The van der Waals surface area contributed by atoms with E-state index in [1.807, 2.05) is 60.7 Å². The van der Waals surface area contributed by atoms with Gasteiger partial charge >= 0.3 is 23.9 Å². The van der Waals surface area contributed by atoms with Crippen molar-refractivity contribution in [2.75, 3.05) is 58.1 Å². The quantitative estimate of drug-likeness (QED) is 0.0301. The molecule has 1 fully saturated rings. The van der Waals surface area contributed by atoms with E-state index in [-0.39, 0.29) is 139 Å². The number of hydrogen-bond donors (Lipinski definition) is 4. The number of carbonyl (C=O) groups excluding carboxylic acids is 8. The van der Waals surface area contributed by atoms with E-state index in [0.29, 0.717) is 28.3 Å². The summed E-state index contributed by atoms with van der Waals surface area (Å²) < 4.78 is 36.6. The first-order valence-electron chi connectivity index (χ1n) is 29.0. The number of carbonyl (C=O) groups is 8. The van der Waals surface area contributed by atoms with Crippen molar-refractivity contribution in [1.82, 2.24) is 40.4 Å². The molecule has 6 atom stereocenters. The molecule has 4 aromatic heterocycles. The first kappa shape index (κ1) is 71.1. The van der Waals surface area contributed by atoms with Gasteiger partial charge in [-0.2, -0.15) is 23.5 Å². The number of nitrogens with zero attached hydrogens (tertiary/aromatic N) is 4. The van der Waals surface area contributed by atoms with Gasteiger partial charge in [-0.3, -0.25) is 38.4 Å². The first-order chi connectivity index (χ1) is 42.4. The van der Waals surface area contributed by atoms with Gasteiger partial charge in [0, 0.05) is 55.0 Å². The highest BCUT2D eigenvalue weighted by molar-refractivity contribution is 8.04. The Morgan fingerprint density at radius 2 is 1.07 bits per heavy atom. The van der Waals surface area contributed by atoms with Crippen LogP contribution < -0.4 is 32.4 Å². The number of benzene rings is 2. The van der Waals surface area contributed by atoms with E-state index < -0.39 is 95.7 Å². The SMILES string of the molecule is C.C.C.C.CC[C@@]1(OC(=O)CNC(=O)C(CSC2CCC2SCC(NC(=O)COCCOCC(C)=O)C(=O)NCC(=O)O[C@]2(CC)C(=O)OCc3c2cc2n(c3=O)Cc3cc4ccccc4nc3-2)NC)C(=O)OCc2c1cc1n(c2=O)Cc2cc3ccccc3nc2-1.